The van der Waals surface area contributed by atoms with E-state index in [2.05, 4.69) is 49.0 Å². The van der Waals surface area contributed by atoms with Crippen molar-refractivity contribution < 1.29 is 9.21 Å². The molecule has 142 valence electrons. The summed E-state index contributed by atoms with van der Waals surface area (Å²) in [5, 5.41) is 4.84. The number of halogens is 2. The van der Waals surface area contributed by atoms with Crippen LogP contribution in [0.3, 0.4) is 0 Å². The number of aromatic nitrogens is 2. The van der Waals surface area contributed by atoms with Gasteiger partial charge in [-0.2, -0.15) is 5.10 Å². The largest absolute Gasteiger partial charge is 0.450 e. The van der Waals surface area contributed by atoms with E-state index < -0.39 is 5.91 Å². The van der Waals surface area contributed by atoms with Gasteiger partial charge in [-0.15, -0.1) is 0 Å². The summed E-state index contributed by atoms with van der Waals surface area (Å²) in [5.41, 5.74) is 5.42. The van der Waals surface area contributed by atoms with Crippen LogP contribution in [-0.2, 0) is 14.1 Å². The number of nitrogens with one attached hydrogen (secondary N) is 1. The first-order valence-electron chi connectivity index (χ1n) is 8.22. The van der Waals surface area contributed by atoms with Crippen LogP contribution in [0.1, 0.15) is 16.1 Å². The van der Waals surface area contributed by atoms with Crippen LogP contribution in [-0.4, -0.2) is 21.3 Å². The Labute approximate surface area is 181 Å². The molecule has 0 aliphatic rings. The lowest BCUT2D eigenvalue weighted by atomic mass is 10.2. The SMILES string of the molecule is Cn1c(=O)n(C)c2cc(/C=N\NC(=O)c3cc4cc(Br)cc(I)c4o3)ccc21. The van der Waals surface area contributed by atoms with Gasteiger partial charge in [0, 0.05) is 24.0 Å². The van der Waals surface area contributed by atoms with Gasteiger partial charge in [-0.3, -0.25) is 13.9 Å². The minimum Gasteiger partial charge on any atom is -0.450 e. The fourth-order valence-electron chi connectivity index (χ4n) is 3.01. The number of imidazole rings is 1. The van der Waals surface area contributed by atoms with Crippen molar-refractivity contribution in [2.75, 3.05) is 0 Å². The second-order valence-electron chi connectivity index (χ2n) is 6.26. The molecule has 0 atom stereocenters. The molecule has 1 N–H and O–H groups in total. The number of furan rings is 1. The van der Waals surface area contributed by atoms with Gasteiger partial charge in [0.1, 0.15) is 5.58 Å². The van der Waals surface area contributed by atoms with E-state index in [-0.39, 0.29) is 11.4 Å². The second-order valence-corrected chi connectivity index (χ2v) is 8.34. The molecule has 1 amide bonds. The van der Waals surface area contributed by atoms with E-state index in [4.69, 9.17) is 4.42 Å². The normalized spacial score (nSPS) is 11.7. The summed E-state index contributed by atoms with van der Waals surface area (Å²) in [5.74, 6) is -0.253. The molecule has 7 nitrogen and oxygen atoms in total. The summed E-state index contributed by atoms with van der Waals surface area (Å²) in [4.78, 5) is 24.3. The Morgan fingerprint density at radius 1 is 1.18 bits per heavy atom. The molecule has 0 aliphatic carbocycles. The van der Waals surface area contributed by atoms with Crippen LogP contribution in [0.2, 0.25) is 0 Å². The highest BCUT2D eigenvalue weighted by molar-refractivity contribution is 14.1. The van der Waals surface area contributed by atoms with Crippen LogP contribution in [0.5, 0.6) is 0 Å². The van der Waals surface area contributed by atoms with Crippen molar-refractivity contribution in [3.8, 4) is 0 Å². The van der Waals surface area contributed by atoms with E-state index in [1.807, 2.05) is 30.3 Å². The summed E-state index contributed by atoms with van der Waals surface area (Å²) in [6, 6.07) is 11.0. The van der Waals surface area contributed by atoms with Crippen molar-refractivity contribution in [1.82, 2.24) is 14.6 Å². The first-order chi connectivity index (χ1) is 13.3. The number of benzene rings is 2. The third kappa shape index (κ3) is 3.28. The molecular formula is C19H14BrIN4O3. The Kier molecular flexibility index (Phi) is 4.88. The van der Waals surface area contributed by atoms with E-state index >= 15 is 0 Å². The van der Waals surface area contributed by atoms with E-state index in [0.717, 1.165) is 30.0 Å². The molecule has 0 bridgehead atoms. The Balaban J connectivity index is 1.55. The molecule has 0 aliphatic heterocycles. The lowest BCUT2D eigenvalue weighted by molar-refractivity contribution is 0.0929. The van der Waals surface area contributed by atoms with Gasteiger partial charge in [-0.25, -0.2) is 10.2 Å². The summed E-state index contributed by atoms with van der Waals surface area (Å²) in [6.07, 6.45) is 1.53. The maximum absolute atomic E-state index is 12.3. The van der Waals surface area contributed by atoms with Crippen molar-refractivity contribution in [3.63, 3.8) is 0 Å². The zero-order valence-corrected chi connectivity index (χ0v) is 18.6. The molecular weight excluding hydrogens is 539 g/mol. The Morgan fingerprint density at radius 3 is 2.71 bits per heavy atom. The smallest absolute Gasteiger partial charge is 0.328 e. The highest BCUT2D eigenvalue weighted by Gasteiger charge is 2.14. The van der Waals surface area contributed by atoms with Crippen molar-refractivity contribution >= 4 is 72.6 Å². The predicted octanol–water partition coefficient (Wildman–Crippen LogP) is 3.75. The Hall–Kier alpha value is -2.40. The number of carbonyl (C=O) groups is 1. The molecule has 0 saturated heterocycles. The van der Waals surface area contributed by atoms with Crippen LogP contribution in [0.4, 0.5) is 0 Å². The lowest BCUT2D eigenvalue weighted by Crippen LogP contribution is -2.19. The number of carbonyl (C=O) groups excluding carboxylic acids is 1. The number of hydrazone groups is 1. The minimum atomic E-state index is -0.437. The molecule has 4 rings (SSSR count). The van der Waals surface area contributed by atoms with Crippen molar-refractivity contribution in [1.29, 1.82) is 0 Å². The second kappa shape index (κ2) is 7.21. The molecule has 0 spiro atoms. The first-order valence-corrected chi connectivity index (χ1v) is 10.1. The molecule has 2 aromatic heterocycles. The van der Waals surface area contributed by atoms with Crippen LogP contribution in [0, 0.1) is 3.57 Å². The third-order valence-electron chi connectivity index (χ3n) is 4.44. The molecule has 0 radical (unpaired) electrons. The molecule has 0 saturated carbocycles. The Bertz CT molecular complexity index is 1330. The van der Waals surface area contributed by atoms with Crippen molar-refractivity contribution in [3.05, 3.63) is 66.2 Å². The van der Waals surface area contributed by atoms with Gasteiger partial charge in [-0.1, -0.05) is 22.0 Å². The van der Waals surface area contributed by atoms with Gasteiger partial charge >= 0.3 is 11.6 Å². The van der Waals surface area contributed by atoms with Gasteiger partial charge in [0.15, 0.2) is 5.76 Å². The summed E-state index contributed by atoms with van der Waals surface area (Å²) >= 11 is 5.59. The van der Waals surface area contributed by atoms with E-state index in [1.165, 1.54) is 6.21 Å². The average molecular weight is 553 g/mol. The number of hydrogen-bond acceptors (Lipinski definition) is 4. The zero-order chi connectivity index (χ0) is 20.0. The van der Waals surface area contributed by atoms with Gasteiger partial charge < -0.3 is 4.42 Å². The number of fused-ring (bicyclic) bond motifs is 2. The van der Waals surface area contributed by atoms with Crippen LogP contribution < -0.4 is 11.1 Å². The molecule has 4 aromatic rings. The van der Waals surface area contributed by atoms with Crippen LogP contribution in [0.25, 0.3) is 22.0 Å². The lowest BCUT2D eigenvalue weighted by Gasteiger charge is -1.98. The van der Waals surface area contributed by atoms with Gasteiger partial charge in [0.25, 0.3) is 0 Å². The Morgan fingerprint density at radius 2 is 1.93 bits per heavy atom. The molecule has 28 heavy (non-hydrogen) atoms. The maximum Gasteiger partial charge on any atom is 0.328 e. The van der Waals surface area contributed by atoms with Crippen LogP contribution >= 0.6 is 38.5 Å². The first kappa shape index (κ1) is 18.9. The fraction of sp³-hybridized carbons (Fsp3) is 0.105. The predicted molar refractivity (Wildman–Crippen MR) is 120 cm³/mol. The van der Waals surface area contributed by atoms with E-state index in [1.54, 1.807) is 29.3 Å². The quantitative estimate of drug-likeness (QED) is 0.239. The van der Waals surface area contributed by atoms with Gasteiger partial charge in [0.05, 0.1) is 20.8 Å². The number of nitrogens with zero attached hydrogens (tertiary/aromatic N) is 3. The number of hydrogen-bond donors (Lipinski definition) is 1. The summed E-state index contributed by atoms with van der Waals surface area (Å²) in [6.45, 7) is 0. The maximum atomic E-state index is 12.3. The summed E-state index contributed by atoms with van der Waals surface area (Å²) < 4.78 is 10.6. The zero-order valence-electron chi connectivity index (χ0n) is 14.9. The highest BCUT2D eigenvalue weighted by Crippen LogP contribution is 2.28. The topological polar surface area (TPSA) is 81.5 Å². The number of rotatable bonds is 3. The van der Waals surface area contributed by atoms with Gasteiger partial charge in [0.2, 0.25) is 0 Å². The van der Waals surface area contributed by atoms with Crippen molar-refractivity contribution in [2.24, 2.45) is 19.2 Å². The molecule has 2 heterocycles. The molecule has 0 fully saturated rings. The number of amides is 1. The van der Waals surface area contributed by atoms with Gasteiger partial charge in [-0.05, 0) is 58.5 Å². The minimum absolute atomic E-state index is 0.0939. The van der Waals surface area contributed by atoms with Crippen molar-refractivity contribution in [2.45, 2.75) is 0 Å². The molecule has 0 unspecified atom stereocenters. The third-order valence-corrected chi connectivity index (χ3v) is 5.69. The monoisotopic (exact) mass is 552 g/mol. The molecule has 2 aromatic carbocycles. The highest BCUT2D eigenvalue weighted by atomic mass is 127. The average Bonchev–Trinajstić information content (AvgIpc) is 3.18. The fourth-order valence-corrected chi connectivity index (χ4v) is 4.67. The standard InChI is InChI=1S/C19H14BrIN4O3/c1-24-14-4-3-10(5-15(14)25(2)19(24)27)9-22-23-18(26)16-7-11-6-12(20)8-13(21)17(11)28-16/h3-9H,1-2H3,(H,23,26)/b22-9-. The number of aryl methyl sites for hydroxylation is 2. The van der Waals surface area contributed by atoms with Crippen LogP contribution in [0.15, 0.2) is 55.2 Å². The van der Waals surface area contributed by atoms with E-state index in [0.29, 0.717) is 5.58 Å². The molecule has 9 heteroatoms. The van der Waals surface area contributed by atoms with E-state index in [9.17, 15) is 9.59 Å². The summed E-state index contributed by atoms with van der Waals surface area (Å²) in [7, 11) is 3.44.